The van der Waals surface area contributed by atoms with Gasteiger partial charge in [-0.1, -0.05) is 48.5 Å². The van der Waals surface area contributed by atoms with E-state index in [1.807, 2.05) is 36.5 Å². The molecule has 0 fully saturated rings. The van der Waals surface area contributed by atoms with E-state index < -0.39 is 6.10 Å². The highest BCUT2D eigenvalue weighted by molar-refractivity contribution is 7.18. The van der Waals surface area contributed by atoms with Crippen LogP contribution in [0.4, 0.5) is 0 Å². The van der Waals surface area contributed by atoms with Crippen LogP contribution in [0.25, 0.3) is 21.0 Å². The van der Waals surface area contributed by atoms with E-state index >= 15 is 0 Å². The number of benzene rings is 2. The Labute approximate surface area is 169 Å². The van der Waals surface area contributed by atoms with Crippen molar-refractivity contribution in [2.45, 2.75) is 26.4 Å². The maximum absolute atomic E-state index is 9.79. The molecule has 2 aromatic carbocycles. The van der Waals surface area contributed by atoms with Crippen molar-refractivity contribution in [3.63, 3.8) is 0 Å². The van der Waals surface area contributed by atoms with E-state index in [1.54, 1.807) is 18.3 Å². The zero-order valence-electron chi connectivity index (χ0n) is 16.0. The first-order chi connectivity index (χ1) is 13.6. The van der Waals surface area contributed by atoms with Crippen molar-refractivity contribution in [2.75, 3.05) is 0 Å². The molecule has 0 aliphatic carbocycles. The third kappa shape index (κ3) is 4.03. The maximum Gasteiger partial charge on any atom is 0.133 e. The molecule has 0 spiro atoms. The van der Waals surface area contributed by atoms with Crippen LogP contribution >= 0.6 is 11.3 Å². The number of hydrogen-bond donors (Lipinski definition) is 1. The van der Waals surface area contributed by atoms with E-state index in [2.05, 4.69) is 48.3 Å². The SMILES string of the molecule is Cc1ccccc1-c1ccc(-c2ccnc(Cc3cccc(C(C)O)c3)n2)s1. The average molecular weight is 387 g/mol. The van der Waals surface area contributed by atoms with Crippen molar-refractivity contribution in [2.24, 2.45) is 0 Å². The van der Waals surface area contributed by atoms with Crippen molar-refractivity contribution in [1.29, 1.82) is 0 Å². The van der Waals surface area contributed by atoms with Gasteiger partial charge in [0.25, 0.3) is 0 Å². The highest BCUT2D eigenvalue weighted by Crippen LogP contribution is 2.35. The molecule has 4 aromatic rings. The van der Waals surface area contributed by atoms with Gasteiger partial charge in [-0.05, 0) is 54.3 Å². The Kier molecular flexibility index (Phi) is 5.33. The fourth-order valence-electron chi connectivity index (χ4n) is 3.24. The Bertz CT molecular complexity index is 1100. The molecule has 1 unspecified atom stereocenters. The van der Waals surface area contributed by atoms with E-state index in [4.69, 9.17) is 4.98 Å². The minimum atomic E-state index is -0.474. The van der Waals surface area contributed by atoms with Crippen molar-refractivity contribution in [1.82, 2.24) is 9.97 Å². The van der Waals surface area contributed by atoms with Gasteiger partial charge >= 0.3 is 0 Å². The highest BCUT2D eigenvalue weighted by atomic mass is 32.1. The molecule has 1 atom stereocenters. The molecule has 140 valence electrons. The third-order valence-electron chi connectivity index (χ3n) is 4.77. The molecule has 0 aliphatic rings. The van der Waals surface area contributed by atoms with Crippen molar-refractivity contribution >= 4 is 11.3 Å². The van der Waals surface area contributed by atoms with Gasteiger partial charge in [0.05, 0.1) is 16.7 Å². The molecule has 2 aromatic heterocycles. The summed E-state index contributed by atoms with van der Waals surface area (Å²) in [5.41, 5.74) is 5.50. The standard InChI is InChI=1S/C24H22N2OS/c1-16-6-3-4-9-20(16)22-10-11-23(28-22)21-12-13-25-24(26-21)15-18-7-5-8-19(14-18)17(2)27/h3-14,17,27H,15H2,1-2H3. The summed E-state index contributed by atoms with van der Waals surface area (Å²) in [5, 5.41) is 9.79. The fraction of sp³-hybridized carbons (Fsp3) is 0.167. The van der Waals surface area contributed by atoms with Gasteiger partial charge in [-0.25, -0.2) is 9.97 Å². The largest absolute Gasteiger partial charge is 0.389 e. The third-order valence-corrected chi connectivity index (χ3v) is 5.91. The second-order valence-electron chi connectivity index (χ2n) is 6.93. The van der Waals surface area contributed by atoms with E-state index in [1.165, 1.54) is 16.0 Å². The second-order valence-corrected chi connectivity index (χ2v) is 8.02. The van der Waals surface area contributed by atoms with Gasteiger partial charge in [-0.15, -0.1) is 11.3 Å². The Morgan fingerprint density at radius 2 is 1.79 bits per heavy atom. The molecule has 4 heteroatoms. The Balaban J connectivity index is 1.60. The summed E-state index contributed by atoms with van der Waals surface area (Å²) in [4.78, 5) is 11.6. The number of thiophene rings is 1. The summed E-state index contributed by atoms with van der Waals surface area (Å²) in [6.07, 6.45) is 1.99. The van der Waals surface area contributed by atoms with Gasteiger partial charge in [0.15, 0.2) is 0 Å². The van der Waals surface area contributed by atoms with Crippen molar-refractivity contribution < 1.29 is 5.11 Å². The molecule has 0 saturated heterocycles. The molecule has 2 heterocycles. The number of rotatable bonds is 5. The molecular weight excluding hydrogens is 364 g/mol. The number of aryl methyl sites for hydroxylation is 1. The van der Waals surface area contributed by atoms with Gasteiger partial charge < -0.3 is 5.11 Å². The van der Waals surface area contributed by atoms with Crippen LogP contribution in [0.5, 0.6) is 0 Å². The minimum Gasteiger partial charge on any atom is -0.389 e. The molecule has 0 saturated carbocycles. The zero-order chi connectivity index (χ0) is 19.5. The van der Waals surface area contributed by atoms with Crippen molar-refractivity contribution in [3.8, 4) is 21.0 Å². The van der Waals surface area contributed by atoms with Gasteiger partial charge in [0.1, 0.15) is 5.82 Å². The number of nitrogens with zero attached hydrogens (tertiary/aromatic N) is 2. The lowest BCUT2D eigenvalue weighted by Crippen LogP contribution is -1.99. The predicted molar refractivity (Wildman–Crippen MR) is 115 cm³/mol. The van der Waals surface area contributed by atoms with Gasteiger partial charge in [0.2, 0.25) is 0 Å². The van der Waals surface area contributed by atoms with Crippen LogP contribution in [0, 0.1) is 6.92 Å². The van der Waals surface area contributed by atoms with E-state index in [-0.39, 0.29) is 0 Å². The van der Waals surface area contributed by atoms with Crippen LogP contribution in [0.2, 0.25) is 0 Å². The molecule has 0 aliphatic heterocycles. The monoisotopic (exact) mass is 386 g/mol. The second kappa shape index (κ2) is 8.05. The number of hydrogen-bond acceptors (Lipinski definition) is 4. The van der Waals surface area contributed by atoms with E-state index in [0.29, 0.717) is 6.42 Å². The lowest BCUT2D eigenvalue weighted by Gasteiger charge is -2.07. The first kappa shape index (κ1) is 18.5. The summed E-state index contributed by atoms with van der Waals surface area (Å²) < 4.78 is 0. The topological polar surface area (TPSA) is 46.0 Å². The summed E-state index contributed by atoms with van der Waals surface area (Å²) in [6.45, 7) is 3.91. The normalized spacial score (nSPS) is 12.1. The molecule has 28 heavy (non-hydrogen) atoms. The zero-order valence-corrected chi connectivity index (χ0v) is 16.8. The van der Waals surface area contributed by atoms with Gasteiger partial charge in [0, 0.05) is 17.5 Å². The molecule has 3 nitrogen and oxygen atoms in total. The fourth-order valence-corrected chi connectivity index (χ4v) is 4.30. The van der Waals surface area contributed by atoms with E-state index in [9.17, 15) is 5.11 Å². The number of aromatic nitrogens is 2. The van der Waals surface area contributed by atoms with Crippen LogP contribution in [0.15, 0.2) is 72.9 Å². The first-order valence-corrected chi connectivity index (χ1v) is 10.2. The number of aliphatic hydroxyl groups excluding tert-OH is 1. The summed E-state index contributed by atoms with van der Waals surface area (Å²) in [7, 11) is 0. The van der Waals surface area contributed by atoms with Crippen LogP contribution in [-0.2, 0) is 6.42 Å². The van der Waals surface area contributed by atoms with Crippen LogP contribution in [0.3, 0.4) is 0 Å². The van der Waals surface area contributed by atoms with Crippen LogP contribution in [0.1, 0.15) is 35.5 Å². The predicted octanol–water partition coefficient (Wildman–Crippen LogP) is 5.82. The average Bonchev–Trinajstić information content (AvgIpc) is 3.19. The quantitative estimate of drug-likeness (QED) is 0.470. The lowest BCUT2D eigenvalue weighted by molar-refractivity contribution is 0.199. The number of aliphatic hydroxyl groups is 1. The molecule has 4 rings (SSSR count). The smallest absolute Gasteiger partial charge is 0.133 e. The Morgan fingerprint density at radius 3 is 2.61 bits per heavy atom. The Morgan fingerprint density at radius 1 is 0.964 bits per heavy atom. The lowest BCUT2D eigenvalue weighted by atomic mass is 10.0. The van der Waals surface area contributed by atoms with Gasteiger partial charge in [-0.3, -0.25) is 0 Å². The Hall–Kier alpha value is -2.82. The van der Waals surface area contributed by atoms with Gasteiger partial charge in [-0.2, -0.15) is 0 Å². The molecule has 0 radical (unpaired) electrons. The molecule has 0 bridgehead atoms. The molecule has 1 N–H and O–H groups in total. The van der Waals surface area contributed by atoms with E-state index in [0.717, 1.165) is 27.5 Å². The minimum absolute atomic E-state index is 0.474. The molecule has 0 amide bonds. The molecular formula is C24H22N2OS. The summed E-state index contributed by atoms with van der Waals surface area (Å²) in [5.74, 6) is 0.783. The highest BCUT2D eigenvalue weighted by Gasteiger charge is 2.10. The first-order valence-electron chi connectivity index (χ1n) is 9.35. The maximum atomic E-state index is 9.79. The summed E-state index contributed by atoms with van der Waals surface area (Å²) in [6, 6.07) is 22.7. The summed E-state index contributed by atoms with van der Waals surface area (Å²) >= 11 is 1.75. The van der Waals surface area contributed by atoms with Crippen LogP contribution < -0.4 is 0 Å². The van der Waals surface area contributed by atoms with Crippen LogP contribution in [-0.4, -0.2) is 15.1 Å². The van der Waals surface area contributed by atoms with Crippen molar-refractivity contribution in [3.05, 3.63) is 95.4 Å².